The zero-order valence-electron chi connectivity index (χ0n) is 16.2. The van der Waals surface area contributed by atoms with Gasteiger partial charge in [0.05, 0.1) is 9.79 Å². The number of benzene rings is 4. The molecule has 7 heterocycles. The van der Waals surface area contributed by atoms with Crippen molar-refractivity contribution in [3.8, 4) is 0 Å². The molecular weight excluding hydrogens is 392 g/mol. The van der Waals surface area contributed by atoms with E-state index in [1.807, 2.05) is 24.3 Å². The van der Waals surface area contributed by atoms with E-state index >= 15 is 0 Å². The molecule has 4 aromatic rings. The van der Waals surface area contributed by atoms with E-state index in [9.17, 15) is 8.42 Å². The fourth-order valence-corrected chi connectivity index (χ4v) is 4.81. The lowest BCUT2D eigenvalue weighted by molar-refractivity contribution is 0.596. The maximum Gasteiger partial charge on any atom is 0.206 e. The molecule has 2 N–H and O–H groups in total. The maximum absolute atomic E-state index is 13.0. The summed E-state index contributed by atoms with van der Waals surface area (Å²) in [5.41, 5.74) is 6.05. The number of hydrogen-bond acceptors (Lipinski definition) is 4. The Kier molecular flexibility index (Phi) is 4.52. The predicted molar refractivity (Wildman–Crippen MR) is 121 cm³/mol. The monoisotopic (exact) mass is 412 g/mol. The van der Waals surface area contributed by atoms with Gasteiger partial charge < -0.3 is 10.6 Å². The first-order valence-corrected chi connectivity index (χ1v) is 11.2. The Labute approximate surface area is 176 Å². The first-order valence-electron chi connectivity index (χ1n) is 9.73. The van der Waals surface area contributed by atoms with Crippen LogP contribution in [0.25, 0.3) is 0 Å². The Morgan fingerprint density at radius 2 is 0.767 bits per heavy atom. The molecule has 8 bridgehead atoms. The van der Waals surface area contributed by atoms with Gasteiger partial charge in [-0.1, -0.05) is 24.3 Å². The van der Waals surface area contributed by atoms with Crippen LogP contribution in [0.15, 0.2) is 107 Å². The van der Waals surface area contributed by atoms with E-state index in [0.29, 0.717) is 0 Å². The van der Waals surface area contributed by atoms with Gasteiger partial charge in [0.15, 0.2) is 0 Å². The average molecular weight is 413 g/mol. The molecule has 0 saturated heterocycles. The molecule has 0 saturated carbocycles. The molecule has 148 valence electrons. The molecule has 0 atom stereocenters. The molecule has 30 heavy (non-hydrogen) atoms. The molecule has 0 fully saturated rings. The highest BCUT2D eigenvalue weighted by molar-refractivity contribution is 7.91. The van der Waals surface area contributed by atoms with Gasteiger partial charge in [-0.25, -0.2) is 8.42 Å². The Hall–Kier alpha value is -3.57. The minimum Gasteiger partial charge on any atom is -0.356 e. The summed E-state index contributed by atoms with van der Waals surface area (Å²) < 4.78 is 26.0. The highest BCUT2D eigenvalue weighted by Gasteiger charge is 2.17. The van der Waals surface area contributed by atoms with E-state index in [1.54, 1.807) is 48.5 Å². The van der Waals surface area contributed by atoms with E-state index in [-0.39, 0.29) is 9.79 Å². The van der Waals surface area contributed by atoms with Crippen molar-refractivity contribution in [1.82, 2.24) is 0 Å². The second-order valence-corrected chi connectivity index (χ2v) is 9.32. The molecule has 11 rings (SSSR count). The van der Waals surface area contributed by atoms with Crippen molar-refractivity contribution in [3.05, 3.63) is 108 Å². The summed E-state index contributed by atoms with van der Waals surface area (Å²) >= 11 is 0. The lowest BCUT2D eigenvalue weighted by atomic mass is 10.0. The Morgan fingerprint density at radius 3 is 1.10 bits per heavy atom. The van der Waals surface area contributed by atoms with Gasteiger partial charge in [-0.2, -0.15) is 0 Å². The summed E-state index contributed by atoms with van der Waals surface area (Å²) in [7, 11) is -3.57. The number of anilines is 4. The highest BCUT2D eigenvalue weighted by Crippen LogP contribution is 2.27. The van der Waals surface area contributed by atoms with E-state index in [2.05, 4.69) is 34.9 Å². The minimum atomic E-state index is -3.57. The van der Waals surface area contributed by atoms with Crippen LogP contribution in [0.1, 0.15) is 11.1 Å². The van der Waals surface area contributed by atoms with Crippen molar-refractivity contribution in [1.29, 1.82) is 0 Å². The van der Waals surface area contributed by atoms with E-state index in [4.69, 9.17) is 0 Å². The molecule has 0 unspecified atom stereocenters. The third kappa shape index (κ3) is 3.67. The van der Waals surface area contributed by atoms with Gasteiger partial charge in [-0.05, 0) is 90.3 Å². The van der Waals surface area contributed by atoms with E-state index in [1.165, 1.54) is 11.1 Å². The average Bonchev–Trinajstić information content (AvgIpc) is 2.77. The fourth-order valence-electron chi connectivity index (χ4n) is 3.55. The number of rotatable bonds is 0. The van der Waals surface area contributed by atoms with Crippen LogP contribution < -0.4 is 10.6 Å². The predicted octanol–water partition coefficient (Wildman–Crippen LogP) is 5.91. The van der Waals surface area contributed by atoms with Crippen LogP contribution >= 0.6 is 0 Å². The zero-order valence-corrected chi connectivity index (χ0v) is 17.0. The second kappa shape index (κ2) is 7.35. The zero-order chi connectivity index (χ0) is 20.6. The van der Waals surface area contributed by atoms with Crippen molar-refractivity contribution >= 4 is 32.6 Å². The third-order valence-corrected chi connectivity index (χ3v) is 7.01. The first-order chi connectivity index (χ1) is 14.6. The number of nitrogens with one attached hydrogen (secondary N) is 2. The topological polar surface area (TPSA) is 58.2 Å². The summed E-state index contributed by atoms with van der Waals surface area (Å²) in [5, 5.41) is 6.65. The molecule has 4 nitrogen and oxygen atoms in total. The van der Waals surface area contributed by atoms with Gasteiger partial charge in [0, 0.05) is 22.7 Å². The van der Waals surface area contributed by atoms with Crippen molar-refractivity contribution in [2.24, 2.45) is 0 Å². The molecule has 5 heteroatoms. The number of hydrogen-bond donors (Lipinski definition) is 2. The lowest BCUT2D eigenvalue weighted by Gasteiger charge is -2.12. The van der Waals surface area contributed by atoms with Gasteiger partial charge in [-0.15, -0.1) is 0 Å². The fraction of sp³-hybridized carbons (Fsp3) is 0.0400. The summed E-state index contributed by atoms with van der Waals surface area (Å²) in [4.78, 5) is 0.545. The van der Waals surface area contributed by atoms with Crippen LogP contribution in [0.4, 0.5) is 22.7 Å². The number of sulfone groups is 1. The van der Waals surface area contributed by atoms with E-state index in [0.717, 1.165) is 29.2 Å². The summed E-state index contributed by atoms with van der Waals surface area (Å²) in [6.45, 7) is 0. The highest BCUT2D eigenvalue weighted by atomic mass is 32.2. The second-order valence-electron chi connectivity index (χ2n) is 7.37. The molecule has 4 aromatic carbocycles. The molecule has 0 spiro atoms. The summed E-state index contributed by atoms with van der Waals surface area (Å²) in [6.07, 6.45) is 0.863. The quantitative estimate of drug-likeness (QED) is 0.332. The van der Waals surface area contributed by atoms with Gasteiger partial charge in [0.25, 0.3) is 0 Å². The molecule has 0 aromatic heterocycles. The van der Waals surface area contributed by atoms with Gasteiger partial charge >= 0.3 is 0 Å². The van der Waals surface area contributed by atoms with Crippen LogP contribution in [0.5, 0.6) is 0 Å². The SMILES string of the molecule is O=S1(=O)c2ccc(cc2)Nc2ccc(cc2)Cc2ccc(cc2)Nc2ccc1cc2. The maximum atomic E-state index is 13.0. The molecular formula is C25H20N2O2S. The normalized spacial score (nSPS) is 14.3. The van der Waals surface area contributed by atoms with Gasteiger partial charge in [-0.3, -0.25) is 0 Å². The largest absolute Gasteiger partial charge is 0.356 e. The van der Waals surface area contributed by atoms with Crippen molar-refractivity contribution in [3.63, 3.8) is 0 Å². The van der Waals surface area contributed by atoms with Crippen LogP contribution in [0, 0.1) is 0 Å². The molecule has 0 aliphatic carbocycles. The summed E-state index contributed by atoms with van der Waals surface area (Å²) in [6, 6.07) is 30.3. The van der Waals surface area contributed by atoms with Crippen LogP contribution in [-0.2, 0) is 16.3 Å². The van der Waals surface area contributed by atoms with Crippen molar-refractivity contribution < 1.29 is 8.42 Å². The Morgan fingerprint density at radius 1 is 0.467 bits per heavy atom. The first kappa shape index (κ1) is 18.5. The molecule has 7 aliphatic rings. The van der Waals surface area contributed by atoms with Crippen LogP contribution in [0.3, 0.4) is 0 Å². The molecule has 7 aliphatic heterocycles. The minimum absolute atomic E-state index is 0.272. The standard InChI is InChI=1S/C25H20N2O2S/c28-30(29)24-13-9-22(10-14-24)26-20-5-1-18(2-6-20)17-19-3-7-21(8-4-19)27-23-11-15-25(30)16-12-23/h1-16,26-27H,17H2. The van der Waals surface area contributed by atoms with Crippen LogP contribution in [0.2, 0.25) is 0 Å². The molecule has 0 amide bonds. The third-order valence-electron chi connectivity index (χ3n) is 5.22. The molecule has 0 radical (unpaired) electrons. The van der Waals surface area contributed by atoms with Crippen molar-refractivity contribution in [2.45, 2.75) is 16.2 Å². The van der Waals surface area contributed by atoms with Crippen molar-refractivity contribution in [2.75, 3.05) is 10.6 Å². The van der Waals surface area contributed by atoms with Gasteiger partial charge in [0.2, 0.25) is 9.84 Å². The lowest BCUT2D eigenvalue weighted by Crippen LogP contribution is -2.02. The van der Waals surface area contributed by atoms with Crippen LogP contribution in [-0.4, -0.2) is 8.42 Å². The smallest absolute Gasteiger partial charge is 0.206 e. The Bertz CT molecular complexity index is 1180. The van der Waals surface area contributed by atoms with E-state index < -0.39 is 9.84 Å². The Balaban J connectivity index is 1.58. The summed E-state index contributed by atoms with van der Waals surface area (Å²) in [5.74, 6) is 0. The van der Waals surface area contributed by atoms with Gasteiger partial charge in [0.1, 0.15) is 0 Å².